The molecule has 1 amide bonds. The lowest BCUT2D eigenvalue weighted by Gasteiger charge is -2.20. The van der Waals surface area contributed by atoms with Gasteiger partial charge in [0.25, 0.3) is 5.91 Å². The van der Waals surface area contributed by atoms with Crippen molar-refractivity contribution in [2.45, 2.75) is 19.9 Å². The zero-order valence-electron chi connectivity index (χ0n) is 12.3. The molecule has 1 aromatic heterocycles. The minimum Gasteiger partial charge on any atom is -0.480 e. The standard InChI is InChI=1S/C14H15BrN4O3/c1-8-12(13(20)18(3)9(2)14(21)22)16-17-19(8)11-6-4-5-10(15)7-11/h4-7,9H,1-3H3,(H,21,22). The second kappa shape index (κ2) is 6.27. The molecule has 0 aliphatic rings. The van der Waals surface area contributed by atoms with E-state index in [2.05, 4.69) is 26.2 Å². The van der Waals surface area contributed by atoms with Crippen LogP contribution in [0.5, 0.6) is 0 Å². The van der Waals surface area contributed by atoms with Crippen molar-refractivity contribution >= 4 is 27.8 Å². The average Bonchev–Trinajstić information content (AvgIpc) is 2.86. The lowest BCUT2D eigenvalue weighted by molar-refractivity contribution is -0.141. The van der Waals surface area contributed by atoms with E-state index in [0.29, 0.717) is 5.69 Å². The van der Waals surface area contributed by atoms with E-state index in [-0.39, 0.29) is 5.69 Å². The van der Waals surface area contributed by atoms with Gasteiger partial charge >= 0.3 is 5.97 Å². The van der Waals surface area contributed by atoms with Gasteiger partial charge in [-0.15, -0.1) is 5.10 Å². The number of aromatic nitrogens is 3. The van der Waals surface area contributed by atoms with E-state index < -0.39 is 17.9 Å². The van der Waals surface area contributed by atoms with Crippen LogP contribution in [0.4, 0.5) is 0 Å². The number of rotatable bonds is 4. The summed E-state index contributed by atoms with van der Waals surface area (Å²) in [6.07, 6.45) is 0. The van der Waals surface area contributed by atoms with Gasteiger partial charge in [-0.2, -0.15) is 0 Å². The van der Waals surface area contributed by atoms with Crippen molar-refractivity contribution in [3.63, 3.8) is 0 Å². The highest BCUT2D eigenvalue weighted by atomic mass is 79.9. The van der Waals surface area contributed by atoms with Gasteiger partial charge in [0.2, 0.25) is 0 Å². The molecule has 0 radical (unpaired) electrons. The maximum absolute atomic E-state index is 12.4. The highest BCUT2D eigenvalue weighted by Crippen LogP contribution is 2.18. The molecule has 1 atom stereocenters. The lowest BCUT2D eigenvalue weighted by atomic mass is 10.2. The van der Waals surface area contributed by atoms with E-state index in [9.17, 15) is 9.59 Å². The first-order valence-corrected chi connectivity index (χ1v) is 7.30. The summed E-state index contributed by atoms with van der Waals surface area (Å²) in [5, 5.41) is 16.9. The zero-order chi connectivity index (χ0) is 16.4. The van der Waals surface area contributed by atoms with Crippen LogP contribution in [0.3, 0.4) is 0 Å². The first kappa shape index (κ1) is 16.2. The van der Waals surface area contributed by atoms with E-state index >= 15 is 0 Å². The minimum absolute atomic E-state index is 0.135. The maximum atomic E-state index is 12.4. The number of amides is 1. The maximum Gasteiger partial charge on any atom is 0.326 e. The van der Waals surface area contributed by atoms with E-state index in [4.69, 9.17) is 5.11 Å². The lowest BCUT2D eigenvalue weighted by Crippen LogP contribution is -2.40. The predicted molar refractivity (Wildman–Crippen MR) is 83.0 cm³/mol. The highest BCUT2D eigenvalue weighted by Gasteiger charge is 2.27. The topological polar surface area (TPSA) is 88.3 Å². The molecule has 0 saturated heterocycles. The van der Waals surface area contributed by atoms with Crippen LogP contribution in [0.1, 0.15) is 23.1 Å². The van der Waals surface area contributed by atoms with Crippen LogP contribution in [0.25, 0.3) is 5.69 Å². The van der Waals surface area contributed by atoms with Crippen molar-refractivity contribution in [1.82, 2.24) is 19.9 Å². The molecule has 2 aromatic rings. The molecule has 7 nitrogen and oxygen atoms in total. The SMILES string of the molecule is Cc1c(C(=O)N(C)C(C)C(=O)O)nnn1-c1cccc(Br)c1. The number of hydrogen-bond donors (Lipinski definition) is 1. The molecule has 1 heterocycles. The van der Waals surface area contributed by atoms with Crippen LogP contribution >= 0.6 is 15.9 Å². The number of carbonyl (C=O) groups is 2. The van der Waals surface area contributed by atoms with Gasteiger partial charge in [0.15, 0.2) is 5.69 Å². The van der Waals surface area contributed by atoms with Crippen LogP contribution < -0.4 is 0 Å². The molecule has 116 valence electrons. The smallest absolute Gasteiger partial charge is 0.326 e. The average molecular weight is 367 g/mol. The largest absolute Gasteiger partial charge is 0.480 e. The van der Waals surface area contributed by atoms with Gasteiger partial charge in [0.1, 0.15) is 6.04 Å². The number of halogens is 1. The molecule has 8 heteroatoms. The highest BCUT2D eigenvalue weighted by molar-refractivity contribution is 9.10. The Morgan fingerprint density at radius 1 is 1.41 bits per heavy atom. The molecular weight excluding hydrogens is 352 g/mol. The summed E-state index contributed by atoms with van der Waals surface area (Å²) in [5.41, 5.74) is 1.44. The van der Waals surface area contributed by atoms with Gasteiger partial charge in [0.05, 0.1) is 11.4 Å². The summed E-state index contributed by atoms with van der Waals surface area (Å²) in [4.78, 5) is 24.5. The molecular formula is C14H15BrN4O3. The summed E-state index contributed by atoms with van der Waals surface area (Å²) in [5.74, 6) is -1.55. The molecule has 1 aromatic carbocycles. The molecule has 2 rings (SSSR count). The monoisotopic (exact) mass is 366 g/mol. The summed E-state index contributed by atoms with van der Waals surface area (Å²) < 4.78 is 2.42. The Morgan fingerprint density at radius 2 is 2.09 bits per heavy atom. The third kappa shape index (κ3) is 3.01. The molecule has 1 N–H and O–H groups in total. The van der Waals surface area contributed by atoms with Crippen LogP contribution in [-0.4, -0.2) is 50.0 Å². The van der Waals surface area contributed by atoms with Crippen molar-refractivity contribution in [3.8, 4) is 5.69 Å². The third-order valence-electron chi connectivity index (χ3n) is 3.41. The molecule has 1 unspecified atom stereocenters. The number of hydrogen-bond acceptors (Lipinski definition) is 4. The van der Waals surface area contributed by atoms with E-state index in [1.54, 1.807) is 6.92 Å². The van der Waals surface area contributed by atoms with Crippen LogP contribution in [0.2, 0.25) is 0 Å². The summed E-state index contributed by atoms with van der Waals surface area (Å²) in [7, 11) is 1.43. The Morgan fingerprint density at radius 3 is 2.68 bits per heavy atom. The van der Waals surface area contributed by atoms with E-state index in [1.165, 1.54) is 18.7 Å². The van der Waals surface area contributed by atoms with Crippen molar-refractivity contribution in [3.05, 3.63) is 40.1 Å². The second-order valence-corrected chi connectivity index (χ2v) is 5.76. The van der Waals surface area contributed by atoms with Crippen LogP contribution in [0.15, 0.2) is 28.7 Å². The minimum atomic E-state index is -1.08. The number of likely N-dealkylation sites (N-methyl/N-ethyl adjacent to an activating group) is 1. The van der Waals surface area contributed by atoms with Gasteiger partial charge in [0, 0.05) is 11.5 Å². The zero-order valence-corrected chi connectivity index (χ0v) is 13.9. The van der Waals surface area contributed by atoms with Gasteiger partial charge in [-0.3, -0.25) is 4.79 Å². The fraction of sp³-hybridized carbons (Fsp3) is 0.286. The summed E-state index contributed by atoms with van der Waals surface area (Å²) in [6, 6.07) is 6.47. The van der Waals surface area contributed by atoms with Gasteiger partial charge in [-0.05, 0) is 32.0 Å². The Labute approximate surface area is 135 Å². The number of aliphatic carboxylic acids is 1. The van der Waals surface area contributed by atoms with Crippen molar-refractivity contribution in [2.24, 2.45) is 0 Å². The van der Waals surface area contributed by atoms with Crippen LogP contribution in [-0.2, 0) is 4.79 Å². The van der Waals surface area contributed by atoms with Gasteiger partial charge in [-0.1, -0.05) is 27.2 Å². The Hall–Kier alpha value is -2.22. The van der Waals surface area contributed by atoms with Crippen molar-refractivity contribution in [2.75, 3.05) is 7.05 Å². The molecule has 0 bridgehead atoms. The predicted octanol–water partition coefficient (Wildman–Crippen LogP) is 1.88. The fourth-order valence-corrected chi connectivity index (χ4v) is 2.28. The number of benzene rings is 1. The van der Waals surface area contributed by atoms with E-state index in [0.717, 1.165) is 15.1 Å². The number of nitrogens with zero attached hydrogens (tertiary/aromatic N) is 4. The summed E-state index contributed by atoms with van der Waals surface area (Å²) in [6.45, 7) is 3.15. The number of carboxylic acids is 1. The number of carboxylic acid groups (broad SMARTS) is 1. The molecule has 0 fully saturated rings. The molecule has 0 aliphatic heterocycles. The molecule has 22 heavy (non-hydrogen) atoms. The van der Waals surface area contributed by atoms with Gasteiger partial charge < -0.3 is 10.0 Å². The first-order valence-electron chi connectivity index (χ1n) is 6.51. The first-order chi connectivity index (χ1) is 10.3. The molecule has 0 saturated carbocycles. The van der Waals surface area contributed by atoms with Crippen LogP contribution in [0, 0.1) is 6.92 Å². The Balaban J connectivity index is 2.35. The van der Waals surface area contributed by atoms with Crippen molar-refractivity contribution < 1.29 is 14.7 Å². The normalized spacial score (nSPS) is 12.0. The van der Waals surface area contributed by atoms with E-state index in [1.807, 2.05) is 24.3 Å². The summed E-state index contributed by atoms with van der Waals surface area (Å²) >= 11 is 3.38. The Bertz CT molecular complexity index is 729. The Kier molecular flexibility index (Phi) is 4.60. The molecule has 0 aliphatic carbocycles. The number of carbonyl (C=O) groups excluding carboxylic acids is 1. The molecule has 0 spiro atoms. The van der Waals surface area contributed by atoms with Gasteiger partial charge in [-0.25, -0.2) is 9.48 Å². The second-order valence-electron chi connectivity index (χ2n) is 4.85. The fourth-order valence-electron chi connectivity index (χ4n) is 1.89. The third-order valence-corrected chi connectivity index (χ3v) is 3.90. The van der Waals surface area contributed by atoms with Crippen molar-refractivity contribution in [1.29, 1.82) is 0 Å². The quantitative estimate of drug-likeness (QED) is 0.892.